The molecule has 0 atom stereocenters. The number of hydrogen-bond donors (Lipinski definition) is 0. The van der Waals surface area contributed by atoms with E-state index in [1.54, 1.807) is 12.4 Å². The molecule has 0 saturated heterocycles. The van der Waals surface area contributed by atoms with Crippen LogP contribution < -0.4 is 4.74 Å². The second kappa shape index (κ2) is 9.33. The molecule has 0 fully saturated rings. The van der Waals surface area contributed by atoms with Gasteiger partial charge in [-0.2, -0.15) is 4.98 Å². The van der Waals surface area contributed by atoms with Gasteiger partial charge in [0.1, 0.15) is 5.75 Å². The van der Waals surface area contributed by atoms with Crippen LogP contribution in [0.1, 0.15) is 19.2 Å². The minimum Gasteiger partial charge on any atom is -0.494 e. The zero-order valence-corrected chi connectivity index (χ0v) is 16.6. The van der Waals surface area contributed by atoms with Crippen molar-refractivity contribution in [3.63, 3.8) is 0 Å². The number of aryl methyl sites for hydroxylation is 1. The van der Waals surface area contributed by atoms with Crippen molar-refractivity contribution in [1.29, 1.82) is 0 Å². The van der Waals surface area contributed by atoms with E-state index in [-0.39, 0.29) is 0 Å². The minimum absolute atomic E-state index is 0.494. The Morgan fingerprint density at radius 1 is 1.07 bits per heavy atom. The number of nitrogens with zero attached hydrogens (tertiary/aromatic N) is 5. The van der Waals surface area contributed by atoms with E-state index in [2.05, 4.69) is 25.3 Å². The topological polar surface area (TPSA) is 100.0 Å². The van der Waals surface area contributed by atoms with Gasteiger partial charge in [-0.3, -0.25) is 4.98 Å². The highest BCUT2D eigenvalue weighted by Gasteiger charge is 2.11. The smallest absolute Gasteiger partial charge is 0.276 e. The van der Waals surface area contributed by atoms with E-state index in [0.717, 1.165) is 29.1 Å². The lowest BCUT2D eigenvalue weighted by atomic mass is 10.2. The molecule has 9 heteroatoms. The van der Waals surface area contributed by atoms with Gasteiger partial charge in [0, 0.05) is 35.7 Å². The second-order valence-corrected chi connectivity index (χ2v) is 7.08. The van der Waals surface area contributed by atoms with Crippen LogP contribution in [0.15, 0.2) is 63.0 Å². The molecular formula is C20H19N5O3S. The summed E-state index contributed by atoms with van der Waals surface area (Å²) in [6.45, 7) is 2.59. The molecule has 0 amide bonds. The first-order valence-electron chi connectivity index (χ1n) is 9.24. The molecule has 0 radical (unpaired) electrons. The summed E-state index contributed by atoms with van der Waals surface area (Å²) in [5, 5.41) is 12.7. The van der Waals surface area contributed by atoms with Gasteiger partial charge < -0.3 is 13.7 Å². The fourth-order valence-electron chi connectivity index (χ4n) is 2.60. The Labute approximate surface area is 171 Å². The van der Waals surface area contributed by atoms with E-state index < -0.39 is 0 Å². The Kier molecular flexibility index (Phi) is 6.16. The standard InChI is InChI=1S/C20H19N5O3S/c1-2-26-16-9-7-14(8-10-16)19-23-24-20(27-19)29-12-4-6-17-22-18(25-28-17)15-5-3-11-21-13-15/h3,5,7-11,13H,2,4,6,12H2,1H3. The van der Waals surface area contributed by atoms with E-state index in [9.17, 15) is 0 Å². The number of hydrogen-bond acceptors (Lipinski definition) is 9. The summed E-state index contributed by atoms with van der Waals surface area (Å²) >= 11 is 1.50. The van der Waals surface area contributed by atoms with Crippen LogP contribution in [0.4, 0.5) is 0 Å². The van der Waals surface area contributed by atoms with Gasteiger partial charge in [0.2, 0.25) is 17.6 Å². The Bertz CT molecular complexity index is 1030. The normalized spacial score (nSPS) is 10.9. The summed E-state index contributed by atoms with van der Waals surface area (Å²) in [7, 11) is 0. The zero-order valence-electron chi connectivity index (χ0n) is 15.8. The van der Waals surface area contributed by atoms with Crippen LogP contribution in [0.2, 0.25) is 0 Å². The third-order valence-electron chi connectivity index (χ3n) is 3.97. The van der Waals surface area contributed by atoms with Crippen LogP contribution in [0.25, 0.3) is 22.8 Å². The highest BCUT2D eigenvalue weighted by atomic mass is 32.2. The molecular weight excluding hydrogens is 390 g/mol. The Hall–Kier alpha value is -3.20. The van der Waals surface area contributed by atoms with Crippen molar-refractivity contribution in [2.45, 2.75) is 25.0 Å². The van der Waals surface area contributed by atoms with Crippen LogP contribution in [0, 0.1) is 0 Å². The van der Waals surface area contributed by atoms with Crippen LogP contribution in [-0.4, -0.2) is 37.7 Å². The SMILES string of the molecule is CCOc1ccc(-c2nnc(SCCCc3nc(-c4cccnc4)no3)o2)cc1. The molecule has 8 nitrogen and oxygen atoms in total. The third-order valence-corrected chi connectivity index (χ3v) is 4.87. The fourth-order valence-corrected chi connectivity index (χ4v) is 3.30. The average molecular weight is 409 g/mol. The molecule has 29 heavy (non-hydrogen) atoms. The van der Waals surface area contributed by atoms with E-state index in [4.69, 9.17) is 13.7 Å². The van der Waals surface area contributed by atoms with Gasteiger partial charge >= 0.3 is 0 Å². The van der Waals surface area contributed by atoms with E-state index in [0.29, 0.717) is 35.9 Å². The van der Waals surface area contributed by atoms with E-state index >= 15 is 0 Å². The third kappa shape index (κ3) is 5.00. The van der Waals surface area contributed by atoms with Gasteiger partial charge in [0.25, 0.3) is 5.22 Å². The number of ether oxygens (including phenoxy) is 1. The largest absolute Gasteiger partial charge is 0.494 e. The van der Waals surface area contributed by atoms with E-state index in [1.165, 1.54) is 11.8 Å². The average Bonchev–Trinajstić information content (AvgIpc) is 3.43. The van der Waals surface area contributed by atoms with Crippen LogP contribution >= 0.6 is 11.8 Å². The number of aromatic nitrogens is 5. The summed E-state index contributed by atoms with van der Waals surface area (Å²) in [6, 6.07) is 11.3. The van der Waals surface area contributed by atoms with Crippen molar-refractivity contribution < 1.29 is 13.7 Å². The predicted molar refractivity (Wildman–Crippen MR) is 107 cm³/mol. The van der Waals surface area contributed by atoms with Crippen molar-refractivity contribution in [1.82, 2.24) is 25.3 Å². The van der Waals surface area contributed by atoms with Crippen LogP contribution in [-0.2, 0) is 6.42 Å². The number of benzene rings is 1. The quantitative estimate of drug-likeness (QED) is 0.296. The van der Waals surface area contributed by atoms with Crippen molar-refractivity contribution in [3.05, 3.63) is 54.7 Å². The van der Waals surface area contributed by atoms with Crippen molar-refractivity contribution in [2.75, 3.05) is 12.4 Å². The number of thioether (sulfide) groups is 1. The van der Waals surface area contributed by atoms with Gasteiger partial charge in [-0.05, 0) is 49.7 Å². The molecule has 0 N–H and O–H groups in total. The first kappa shape index (κ1) is 19.1. The maximum Gasteiger partial charge on any atom is 0.276 e. The highest BCUT2D eigenvalue weighted by Crippen LogP contribution is 2.25. The monoisotopic (exact) mass is 409 g/mol. The second-order valence-electron chi connectivity index (χ2n) is 6.04. The van der Waals surface area contributed by atoms with Crippen LogP contribution in [0.3, 0.4) is 0 Å². The van der Waals surface area contributed by atoms with Gasteiger partial charge in [-0.25, -0.2) is 0 Å². The molecule has 3 heterocycles. The highest BCUT2D eigenvalue weighted by molar-refractivity contribution is 7.99. The van der Waals surface area contributed by atoms with E-state index in [1.807, 2.05) is 43.3 Å². The van der Waals surface area contributed by atoms with Gasteiger partial charge in [0.05, 0.1) is 6.61 Å². The molecule has 1 aromatic carbocycles. The molecule has 0 aliphatic heterocycles. The molecule has 0 saturated carbocycles. The molecule has 4 rings (SSSR count). The Morgan fingerprint density at radius 3 is 2.76 bits per heavy atom. The maximum atomic E-state index is 5.73. The molecule has 148 valence electrons. The molecule has 0 aliphatic rings. The summed E-state index contributed by atoms with van der Waals surface area (Å²) in [5.74, 6) is 3.27. The lowest BCUT2D eigenvalue weighted by molar-refractivity contribution is 0.340. The molecule has 0 unspecified atom stereocenters. The fraction of sp³-hybridized carbons (Fsp3) is 0.250. The molecule has 0 aliphatic carbocycles. The Balaban J connectivity index is 1.26. The lowest BCUT2D eigenvalue weighted by Crippen LogP contribution is -1.90. The molecule has 4 aromatic rings. The molecule has 0 spiro atoms. The first-order chi connectivity index (χ1) is 14.3. The summed E-state index contributed by atoms with van der Waals surface area (Å²) < 4.78 is 16.5. The Morgan fingerprint density at radius 2 is 1.97 bits per heavy atom. The number of rotatable bonds is 9. The van der Waals surface area contributed by atoms with Gasteiger partial charge in [0.15, 0.2) is 0 Å². The lowest BCUT2D eigenvalue weighted by Gasteiger charge is -2.02. The summed E-state index contributed by atoms with van der Waals surface area (Å²) in [5.41, 5.74) is 1.70. The van der Waals surface area contributed by atoms with Gasteiger partial charge in [-0.15, -0.1) is 10.2 Å². The zero-order chi connectivity index (χ0) is 19.9. The molecule has 0 bridgehead atoms. The summed E-state index contributed by atoms with van der Waals surface area (Å²) in [4.78, 5) is 8.46. The first-order valence-corrected chi connectivity index (χ1v) is 10.2. The number of pyridine rings is 1. The van der Waals surface area contributed by atoms with Crippen molar-refractivity contribution in [3.8, 4) is 28.6 Å². The summed E-state index contributed by atoms with van der Waals surface area (Å²) in [6.07, 6.45) is 4.95. The maximum absolute atomic E-state index is 5.73. The predicted octanol–water partition coefficient (Wildman–Crippen LogP) is 4.31. The van der Waals surface area contributed by atoms with Crippen molar-refractivity contribution in [2.24, 2.45) is 0 Å². The minimum atomic E-state index is 0.494. The van der Waals surface area contributed by atoms with Crippen molar-refractivity contribution >= 4 is 11.8 Å². The molecule has 3 aromatic heterocycles. The van der Waals surface area contributed by atoms with Gasteiger partial charge in [-0.1, -0.05) is 16.9 Å². The van der Waals surface area contributed by atoms with Crippen LogP contribution in [0.5, 0.6) is 5.75 Å².